The monoisotopic (exact) mass is 325 g/mol. The summed E-state index contributed by atoms with van der Waals surface area (Å²) in [5.74, 6) is 0. The minimum atomic E-state index is -4.37. The van der Waals surface area contributed by atoms with Crippen LogP contribution in [0, 0.1) is 0 Å². The van der Waals surface area contributed by atoms with E-state index in [-0.39, 0.29) is 12.2 Å². The Hall–Kier alpha value is -0.590. The normalized spacial score (nSPS) is 13.7. The van der Waals surface area contributed by atoms with Crippen LogP contribution in [0.15, 0.2) is 22.7 Å². The number of nitrogens with one attached hydrogen (secondary N) is 1. The molecule has 1 aromatic rings. The molecule has 6 heteroatoms. The third-order valence-electron chi connectivity index (χ3n) is 2.53. The zero-order valence-electron chi connectivity index (χ0n) is 10.1. The van der Waals surface area contributed by atoms with Crippen molar-refractivity contribution in [2.24, 2.45) is 0 Å². The Bertz CT molecular complexity index is 395. The van der Waals surface area contributed by atoms with Crippen LogP contribution in [0.3, 0.4) is 0 Å². The van der Waals surface area contributed by atoms with Gasteiger partial charge in [0.15, 0.2) is 0 Å². The SMILES string of the molecule is CCOCC(NC)c1ccc(Br)cc1C(F)(F)F. The van der Waals surface area contributed by atoms with E-state index in [1.54, 1.807) is 20.0 Å². The van der Waals surface area contributed by atoms with E-state index in [0.29, 0.717) is 11.1 Å². The van der Waals surface area contributed by atoms with Gasteiger partial charge in [-0.3, -0.25) is 0 Å². The summed E-state index contributed by atoms with van der Waals surface area (Å²) in [6.45, 7) is 2.48. The molecule has 1 aromatic carbocycles. The molecule has 1 atom stereocenters. The summed E-state index contributed by atoms with van der Waals surface area (Å²) in [5.41, 5.74) is -0.447. The molecular weight excluding hydrogens is 311 g/mol. The zero-order valence-corrected chi connectivity index (χ0v) is 11.7. The van der Waals surface area contributed by atoms with Crippen molar-refractivity contribution in [1.29, 1.82) is 0 Å². The van der Waals surface area contributed by atoms with Crippen LogP contribution in [-0.4, -0.2) is 20.3 Å². The van der Waals surface area contributed by atoms with Crippen molar-refractivity contribution in [2.75, 3.05) is 20.3 Å². The first kappa shape index (κ1) is 15.5. The quantitative estimate of drug-likeness (QED) is 0.889. The summed E-state index contributed by atoms with van der Waals surface area (Å²) in [6.07, 6.45) is -4.37. The molecule has 2 nitrogen and oxygen atoms in total. The van der Waals surface area contributed by atoms with Crippen molar-refractivity contribution in [3.8, 4) is 0 Å². The van der Waals surface area contributed by atoms with Gasteiger partial charge in [-0.05, 0) is 31.7 Å². The molecule has 0 aromatic heterocycles. The number of alkyl halides is 3. The van der Waals surface area contributed by atoms with Gasteiger partial charge in [0.25, 0.3) is 0 Å². The van der Waals surface area contributed by atoms with E-state index < -0.39 is 17.8 Å². The van der Waals surface area contributed by atoms with Gasteiger partial charge >= 0.3 is 6.18 Å². The van der Waals surface area contributed by atoms with Crippen LogP contribution < -0.4 is 5.32 Å². The van der Waals surface area contributed by atoms with Gasteiger partial charge in [-0.15, -0.1) is 0 Å². The van der Waals surface area contributed by atoms with Gasteiger partial charge in [-0.25, -0.2) is 0 Å². The van der Waals surface area contributed by atoms with E-state index in [0.717, 1.165) is 6.07 Å². The summed E-state index contributed by atoms with van der Waals surface area (Å²) in [5, 5.41) is 2.84. The van der Waals surface area contributed by atoms with Gasteiger partial charge in [-0.1, -0.05) is 22.0 Å². The second-order valence-corrected chi connectivity index (χ2v) is 4.65. The Morgan fingerprint density at radius 1 is 1.39 bits per heavy atom. The number of rotatable bonds is 5. The number of likely N-dealkylation sites (N-methyl/N-ethyl adjacent to an activating group) is 1. The first-order valence-electron chi connectivity index (χ1n) is 5.51. The highest BCUT2D eigenvalue weighted by Crippen LogP contribution is 2.36. The van der Waals surface area contributed by atoms with Crippen molar-refractivity contribution in [2.45, 2.75) is 19.1 Å². The van der Waals surface area contributed by atoms with E-state index in [1.165, 1.54) is 6.07 Å². The molecular formula is C12H15BrF3NO. The molecule has 0 amide bonds. The topological polar surface area (TPSA) is 21.3 Å². The molecule has 0 saturated carbocycles. The molecule has 1 rings (SSSR count). The Kier molecular flexibility index (Phi) is 5.62. The van der Waals surface area contributed by atoms with Crippen molar-refractivity contribution in [3.63, 3.8) is 0 Å². The fraction of sp³-hybridized carbons (Fsp3) is 0.500. The molecule has 0 heterocycles. The first-order valence-corrected chi connectivity index (χ1v) is 6.31. The molecule has 0 saturated heterocycles. The second kappa shape index (κ2) is 6.54. The molecule has 0 radical (unpaired) electrons. The fourth-order valence-corrected chi connectivity index (χ4v) is 2.00. The molecule has 102 valence electrons. The highest BCUT2D eigenvalue weighted by Gasteiger charge is 2.35. The molecule has 1 N–H and O–H groups in total. The van der Waals surface area contributed by atoms with E-state index in [1.807, 2.05) is 0 Å². The lowest BCUT2D eigenvalue weighted by Gasteiger charge is -2.21. The summed E-state index contributed by atoms with van der Waals surface area (Å²) in [7, 11) is 1.62. The average Bonchev–Trinajstić information content (AvgIpc) is 2.30. The summed E-state index contributed by atoms with van der Waals surface area (Å²) in [4.78, 5) is 0. The van der Waals surface area contributed by atoms with Crippen LogP contribution in [0.25, 0.3) is 0 Å². The number of hydrogen-bond donors (Lipinski definition) is 1. The van der Waals surface area contributed by atoms with E-state index in [9.17, 15) is 13.2 Å². The molecule has 0 aliphatic carbocycles. The molecule has 0 aliphatic heterocycles. The molecule has 18 heavy (non-hydrogen) atoms. The highest BCUT2D eigenvalue weighted by molar-refractivity contribution is 9.10. The summed E-state index contributed by atoms with van der Waals surface area (Å²) >= 11 is 3.06. The van der Waals surface area contributed by atoms with Crippen LogP contribution in [0.5, 0.6) is 0 Å². The number of ether oxygens (including phenoxy) is 1. The maximum absolute atomic E-state index is 13.0. The predicted molar refractivity (Wildman–Crippen MR) is 67.4 cm³/mol. The predicted octanol–water partition coefficient (Wildman–Crippen LogP) is 3.76. The Labute approximate surface area is 113 Å². The Morgan fingerprint density at radius 2 is 2.06 bits per heavy atom. The standard InChI is InChI=1S/C12H15BrF3NO/c1-3-18-7-11(17-2)9-5-4-8(13)6-10(9)12(14,15)16/h4-6,11,17H,3,7H2,1-2H3. The van der Waals surface area contributed by atoms with Crippen LogP contribution in [0.2, 0.25) is 0 Å². The third kappa shape index (κ3) is 3.96. The van der Waals surface area contributed by atoms with E-state index in [4.69, 9.17) is 4.74 Å². The minimum absolute atomic E-state index is 0.196. The van der Waals surface area contributed by atoms with Gasteiger partial charge in [0, 0.05) is 11.1 Å². The van der Waals surface area contributed by atoms with E-state index in [2.05, 4.69) is 21.2 Å². The van der Waals surface area contributed by atoms with E-state index >= 15 is 0 Å². The van der Waals surface area contributed by atoms with Gasteiger partial charge in [-0.2, -0.15) is 13.2 Å². The molecule has 0 spiro atoms. The number of hydrogen-bond acceptors (Lipinski definition) is 2. The Morgan fingerprint density at radius 3 is 2.56 bits per heavy atom. The lowest BCUT2D eigenvalue weighted by atomic mass is 10.0. The third-order valence-corrected chi connectivity index (χ3v) is 3.03. The molecule has 1 unspecified atom stereocenters. The largest absolute Gasteiger partial charge is 0.416 e. The maximum Gasteiger partial charge on any atom is 0.416 e. The minimum Gasteiger partial charge on any atom is -0.380 e. The molecule has 0 bridgehead atoms. The van der Waals surface area contributed by atoms with Crippen molar-refractivity contribution < 1.29 is 17.9 Å². The average molecular weight is 326 g/mol. The fourth-order valence-electron chi connectivity index (χ4n) is 1.64. The lowest BCUT2D eigenvalue weighted by Crippen LogP contribution is -2.25. The molecule has 0 fully saturated rings. The van der Waals surface area contributed by atoms with Crippen LogP contribution >= 0.6 is 15.9 Å². The van der Waals surface area contributed by atoms with Crippen LogP contribution in [0.4, 0.5) is 13.2 Å². The van der Waals surface area contributed by atoms with Gasteiger partial charge in [0.05, 0.1) is 18.2 Å². The van der Waals surface area contributed by atoms with Crippen LogP contribution in [-0.2, 0) is 10.9 Å². The van der Waals surface area contributed by atoms with Crippen molar-refractivity contribution >= 4 is 15.9 Å². The maximum atomic E-state index is 13.0. The van der Waals surface area contributed by atoms with Gasteiger partial charge in [0.2, 0.25) is 0 Å². The van der Waals surface area contributed by atoms with Gasteiger partial charge in [0.1, 0.15) is 0 Å². The Balaban J connectivity index is 3.13. The van der Waals surface area contributed by atoms with Crippen LogP contribution in [0.1, 0.15) is 24.1 Å². The first-order chi connectivity index (χ1) is 8.40. The number of halogens is 4. The van der Waals surface area contributed by atoms with Crippen molar-refractivity contribution in [3.05, 3.63) is 33.8 Å². The number of benzene rings is 1. The smallest absolute Gasteiger partial charge is 0.380 e. The highest BCUT2D eigenvalue weighted by atomic mass is 79.9. The van der Waals surface area contributed by atoms with Gasteiger partial charge < -0.3 is 10.1 Å². The lowest BCUT2D eigenvalue weighted by molar-refractivity contribution is -0.138. The molecule has 0 aliphatic rings. The summed E-state index contributed by atoms with van der Waals surface area (Å²) in [6, 6.07) is 3.68. The summed E-state index contributed by atoms with van der Waals surface area (Å²) < 4.78 is 44.5. The second-order valence-electron chi connectivity index (χ2n) is 3.73. The van der Waals surface area contributed by atoms with Crippen molar-refractivity contribution in [1.82, 2.24) is 5.32 Å². The zero-order chi connectivity index (χ0) is 13.8.